The number of aromatic amines is 1. The van der Waals surface area contributed by atoms with Gasteiger partial charge in [0.15, 0.2) is 0 Å². The molecule has 0 atom stereocenters. The Balaban J connectivity index is 1.48. The molecule has 0 radical (unpaired) electrons. The van der Waals surface area contributed by atoms with Crippen LogP contribution in [0.1, 0.15) is 61.4 Å². The molecule has 1 amide bonds. The minimum atomic E-state index is -0.301. The van der Waals surface area contributed by atoms with Crippen LogP contribution in [-0.2, 0) is 0 Å². The molecule has 166 valence electrons. The largest absolute Gasteiger partial charge is 0.494 e. The van der Waals surface area contributed by atoms with Crippen LogP contribution in [0, 0.1) is 5.92 Å². The molecule has 0 bridgehead atoms. The molecule has 0 unspecified atom stereocenters. The second-order valence-electron chi connectivity index (χ2n) is 8.64. The summed E-state index contributed by atoms with van der Waals surface area (Å²) < 4.78 is 5.93. The molecule has 2 N–H and O–H groups in total. The summed E-state index contributed by atoms with van der Waals surface area (Å²) in [6, 6.07) is 15.5. The zero-order valence-electron chi connectivity index (χ0n) is 18.7. The standard InChI is InChI=1S/C26H30N4O2/c1-18(2)6-4-15-32-22-8-3-7-21(17-22)29-24-12-11-20(16-23(24)19-9-10-19)25(31)30-26-27-13-5-14-28-26/h3,5,7-8,11-14,16-19,29H,4,6,9-10,15H2,1-2H3,(H,27,28,30,31). The number of amides is 1. The van der Waals surface area contributed by atoms with Crippen LogP contribution in [-0.4, -0.2) is 22.5 Å². The summed E-state index contributed by atoms with van der Waals surface area (Å²) in [6.07, 6.45) is 7.79. The number of hydrogen-bond donors (Lipinski definition) is 2. The Bertz CT molecular complexity index is 1110. The highest BCUT2D eigenvalue weighted by Crippen LogP contribution is 2.44. The van der Waals surface area contributed by atoms with E-state index in [-0.39, 0.29) is 5.91 Å². The number of anilines is 2. The highest BCUT2D eigenvalue weighted by molar-refractivity contribution is 5.95. The lowest BCUT2D eigenvalue weighted by Gasteiger charge is -2.14. The second kappa shape index (κ2) is 10.3. The number of hydrogen-bond acceptors (Lipinski definition) is 4. The molecule has 4 rings (SSSR count). The molecule has 1 heterocycles. The molecule has 0 spiro atoms. The van der Waals surface area contributed by atoms with E-state index in [1.165, 1.54) is 6.42 Å². The minimum absolute atomic E-state index is 0.301. The lowest BCUT2D eigenvalue weighted by atomic mass is 10.0. The van der Waals surface area contributed by atoms with Gasteiger partial charge in [0.25, 0.3) is 5.91 Å². The maximum Gasteiger partial charge on any atom is 0.280 e. The van der Waals surface area contributed by atoms with Gasteiger partial charge < -0.3 is 15.0 Å². The Kier molecular flexibility index (Phi) is 7.00. The summed E-state index contributed by atoms with van der Waals surface area (Å²) in [4.78, 5) is 23.6. The molecule has 3 aromatic rings. The smallest absolute Gasteiger partial charge is 0.280 e. The van der Waals surface area contributed by atoms with E-state index in [1.807, 2.05) is 42.5 Å². The first-order valence-electron chi connectivity index (χ1n) is 11.3. The summed E-state index contributed by atoms with van der Waals surface area (Å²) >= 11 is 0. The maximum absolute atomic E-state index is 12.6. The normalized spacial score (nSPS) is 13.9. The monoisotopic (exact) mass is 430 g/mol. The third kappa shape index (κ3) is 6.06. The predicted octanol–water partition coefficient (Wildman–Crippen LogP) is 5.59. The van der Waals surface area contributed by atoms with Crippen molar-refractivity contribution in [2.75, 3.05) is 11.9 Å². The molecule has 6 heteroatoms. The number of rotatable bonds is 9. The number of ether oxygens (including phenoxy) is 1. The Labute approximate surface area is 188 Å². The van der Waals surface area contributed by atoms with Gasteiger partial charge in [-0.2, -0.15) is 4.99 Å². The molecule has 1 aliphatic rings. The number of carbonyl (C=O) groups excluding carboxylic acids is 1. The molecule has 2 aromatic carbocycles. The van der Waals surface area contributed by atoms with Crippen molar-refractivity contribution < 1.29 is 9.53 Å². The van der Waals surface area contributed by atoms with Crippen LogP contribution in [0.3, 0.4) is 0 Å². The maximum atomic E-state index is 12.6. The van der Waals surface area contributed by atoms with E-state index in [0.717, 1.165) is 48.6 Å². The van der Waals surface area contributed by atoms with Gasteiger partial charge in [0.2, 0.25) is 5.62 Å². The molecule has 0 saturated heterocycles. The molecule has 1 saturated carbocycles. The third-order valence-corrected chi connectivity index (χ3v) is 5.42. The minimum Gasteiger partial charge on any atom is -0.494 e. The number of carbonyl (C=O) groups is 1. The molecule has 32 heavy (non-hydrogen) atoms. The average molecular weight is 431 g/mol. The summed E-state index contributed by atoms with van der Waals surface area (Å²) in [7, 11) is 0. The van der Waals surface area contributed by atoms with E-state index >= 15 is 0 Å². The molecular weight excluding hydrogens is 400 g/mol. The van der Waals surface area contributed by atoms with E-state index in [1.54, 1.807) is 18.5 Å². The Morgan fingerprint density at radius 2 is 2.09 bits per heavy atom. The van der Waals surface area contributed by atoms with Crippen LogP contribution in [0.2, 0.25) is 0 Å². The van der Waals surface area contributed by atoms with Gasteiger partial charge >= 0.3 is 0 Å². The van der Waals surface area contributed by atoms with E-state index in [4.69, 9.17) is 4.74 Å². The first kappa shape index (κ1) is 21.8. The topological polar surface area (TPSA) is 79.4 Å². The van der Waals surface area contributed by atoms with Gasteiger partial charge in [0.1, 0.15) is 5.75 Å². The van der Waals surface area contributed by atoms with Crippen molar-refractivity contribution >= 4 is 17.3 Å². The van der Waals surface area contributed by atoms with Gasteiger partial charge in [-0.3, -0.25) is 4.79 Å². The summed E-state index contributed by atoms with van der Waals surface area (Å²) in [5.41, 5.74) is 4.02. The van der Waals surface area contributed by atoms with Crippen molar-refractivity contribution in [3.8, 4) is 5.75 Å². The average Bonchev–Trinajstić information content (AvgIpc) is 3.63. The zero-order valence-corrected chi connectivity index (χ0v) is 18.7. The summed E-state index contributed by atoms with van der Waals surface area (Å²) in [6.45, 7) is 5.18. The van der Waals surface area contributed by atoms with Crippen molar-refractivity contribution in [2.24, 2.45) is 10.9 Å². The quantitative estimate of drug-likeness (QED) is 0.434. The zero-order chi connectivity index (χ0) is 22.3. The first-order chi connectivity index (χ1) is 15.6. The molecular formula is C26H30N4O2. The van der Waals surface area contributed by atoms with Gasteiger partial charge in [-0.05, 0) is 79.5 Å². The second-order valence-corrected chi connectivity index (χ2v) is 8.64. The van der Waals surface area contributed by atoms with Crippen LogP contribution < -0.4 is 15.7 Å². The molecule has 1 fully saturated rings. The SMILES string of the molecule is CC(C)CCCOc1cccc(Nc2ccc(C(=O)N=c3nccc[nH]3)cc2C2CC2)c1. The Hall–Kier alpha value is -3.41. The van der Waals surface area contributed by atoms with E-state index in [9.17, 15) is 4.79 Å². The summed E-state index contributed by atoms with van der Waals surface area (Å²) in [5.74, 6) is 1.73. The molecule has 1 aromatic heterocycles. The first-order valence-corrected chi connectivity index (χ1v) is 11.3. The predicted molar refractivity (Wildman–Crippen MR) is 126 cm³/mol. The number of aromatic nitrogens is 2. The van der Waals surface area contributed by atoms with Crippen LogP contribution in [0.25, 0.3) is 0 Å². The van der Waals surface area contributed by atoms with Crippen LogP contribution in [0.4, 0.5) is 11.4 Å². The lowest BCUT2D eigenvalue weighted by Crippen LogP contribution is -2.14. The van der Waals surface area contributed by atoms with Crippen LogP contribution >= 0.6 is 0 Å². The van der Waals surface area contributed by atoms with Crippen LogP contribution in [0.5, 0.6) is 5.75 Å². The number of H-pyrrole nitrogens is 1. The van der Waals surface area contributed by atoms with Crippen molar-refractivity contribution in [1.29, 1.82) is 0 Å². The highest BCUT2D eigenvalue weighted by Gasteiger charge is 2.27. The molecule has 1 aliphatic carbocycles. The number of nitrogens with zero attached hydrogens (tertiary/aromatic N) is 2. The number of benzene rings is 2. The van der Waals surface area contributed by atoms with Gasteiger partial charge in [-0.15, -0.1) is 0 Å². The fraction of sp³-hybridized carbons (Fsp3) is 0.346. The van der Waals surface area contributed by atoms with E-state index < -0.39 is 0 Å². The van der Waals surface area contributed by atoms with Crippen molar-refractivity contribution in [3.05, 3.63) is 77.7 Å². The summed E-state index contributed by atoms with van der Waals surface area (Å²) in [5, 5.41) is 3.52. The fourth-order valence-electron chi connectivity index (χ4n) is 3.58. The van der Waals surface area contributed by atoms with Crippen molar-refractivity contribution in [1.82, 2.24) is 9.97 Å². The van der Waals surface area contributed by atoms with E-state index in [0.29, 0.717) is 23.0 Å². The van der Waals surface area contributed by atoms with Gasteiger partial charge in [0, 0.05) is 35.4 Å². The van der Waals surface area contributed by atoms with Gasteiger partial charge in [0.05, 0.1) is 6.61 Å². The van der Waals surface area contributed by atoms with Crippen LogP contribution in [0.15, 0.2) is 65.9 Å². The van der Waals surface area contributed by atoms with E-state index in [2.05, 4.69) is 34.1 Å². The van der Waals surface area contributed by atoms with Crippen molar-refractivity contribution in [3.63, 3.8) is 0 Å². The highest BCUT2D eigenvalue weighted by atomic mass is 16.5. The lowest BCUT2D eigenvalue weighted by molar-refractivity contribution is 0.0997. The van der Waals surface area contributed by atoms with Gasteiger partial charge in [-0.1, -0.05) is 19.9 Å². The van der Waals surface area contributed by atoms with Crippen molar-refractivity contribution in [2.45, 2.75) is 45.4 Å². The third-order valence-electron chi connectivity index (χ3n) is 5.42. The molecule has 6 nitrogen and oxygen atoms in total. The van der Waals surface area contributed by atoms with Gasteiger partial charge in [-0.25, -0.2) is 4.98 Å². The Morgan fingerprint density at radius 1 is 1.22 bits per heavy atom. The molecule has 0 aliphatic heterocycles. The number of nitrogens with one attached hydrogen (secondary N) is 2. The fourth-order valence-corrected chi connectivity index (χ4v) is 3.58. The Morgan fingerprint density at radius 3 is 2.84 bits per heavy atom.